The van der Waals surface area contributed by atoms with E-state index in [0.717, 1.165) is 44.7 Å². The van der Waals surface area contributed by atoms with Crippen LogP contribution in [0.5, 0.6) is 5.88 Å². The van der Waals surface area contributed by atoms with Crippen molar-refractivity contribution in [1.82, 2.24) is 14.9 Å². The Hall–Kier alpha value is -1.65. The summed E-state index contributed by atoms with van der Waals surface area (Å²) in [7, 11) is 0. The number of likely N-dealkylation sites (tertiary alicyclic amines) is 1. The lowest BCUT2D eigenvalue weighted by Crippen LogP contribution is -2.41. The molecule has 1 amide bonds. The molecule has 1 saturated heterocycles. The van der Waals surface area contributed by atoms with E-state index in [9.17, 15) is 4.79 Å². The van der Waals surface area contributed by atoms with Crippen molar-refractivity contribution >= 4 is 5.91 Å². The van der Waals surface area contributed by atoms with Crippen LogP contribution in [0.25, 0.3) is 0 Å². The lowest BCUT2D eigenvalue weighted by Gasteiger charge is -2.32. The first-order valence-corrected chi connectivity index (χ1v) is 9.02. The van der Waals surface area contributed by atoms with Gasteiger partial charge in [0.1, 0.15) is 12.4 Å². The average Bonchev–Trinajstić information content (AvgIpc) is 2.62. The highest BCUT2D eigenvalue weighted by atomic mass is 16.5. The molecule has 0 N–H and O–H groups in total. The Labute approximate surface area is 138 Å². The normalized spacial score (nSPS) is 20.4. The number of carbonyl (C=O) groups is 1. The van der Waals surface area contributed by atoms with Gasteiger partial charge in [0.2, 0.25) is 11.8 Å². The molecule has 1 aliphatic carbocycles. The number of piperidine rings is 1. The summed E-state index contributed by atoms with van der Waals surface area (Å²) in [6.07, 6.45) is 13.7. The second kappa shape index (κ2) is 8.27. The van der Waals surface area contributed by atoms with E-state index in [-0.39, 0.29) is 6.10 Å². The monoisotopic (exact) mass is 317 g/mol. The summed E-state index contributed by atoms with van der Waals surface area (Å²) in [6.45, 7) is 1.61. The second-order valence-corrected chi connectivity index (χ2v) is 6.79. The van der Waals surface area contributed by atoms with E-state index in [4.69, 9.17) is 4.74 Å². The molecule has 2 fully saturated rings. The van der Waals surface area contributed by atoms with Crippen LogP contribution in [0.2, 0.25) is 0 Å². The van der Waals surface area contributed by atoms with E-state index >= 15 is 0 Å². The maximum absolute atomic E-state index is 12.4. The Morgan fingerprint density at radius 3 is 2.65 bits per heavy atom. The van der Waals surface area contributed by atoms with E-state index in [1.54, 1.807) is 12.3 Å². The van der Waals surface area contributed by atoms with Gasteiger partial charge in [-0.25, -0.2) is 9.97 Å². The molecular formula is C18H27N3O2. The van der Waals surface area contributed by atoms with Gasteiger partial charge in [0.15, 0.2) is 0 Å². The summed E-state index contributed by atoms with van der Waals surface area (Å²) in [5.74, 6) is 1.74. The predicted molar refractivity (Wildman–Crippen MR) is 88.1 cm³/mol. The summed E-state index contributed by atoms with van der Waals surface area (Å²) in [6, 6.07) is 1.78. The highest BCUT2D eigenvalue weighted by Gasteiger charge is 2.24. The van der Waals surface area contributed by atoms with Crippen molar-refractivity contribution < 1.29 is 9.53 Å². The van der Waals surface area contributed by atoms with E-state index in [0.29, 0.717) is 11.8 Å². The van der Waals surface area contributed by atoms with Crippen molar-refractivity contribution in [3.63, 3.8) is 0 Å². The number of nitrogens with zero attached hydrogens (tertiary/aromatic N) is 3. The highest BCUT2D eigenvalue weighted by Crippen LogP contribution is 2.27. The zero-order chi connectivity index (χ0) is 15.9. The summed E-state index contributed by atoms with van der Waals surface area (Å²) >= 11 is 0. The van der Waals surface area contributed by atoms with Crippen LogP contribution in [0.4, 0.5) is 0 Å². The zero-order valence-corrected chi connectivity index (χ0v) is 13.8. The fourth-order valence-corrected chi connectivity index (χ4v) is 3.70. The minimum Gasteiger partial charge on any atom is -0.474 e. The molecule has 2 aliphatic rings. The third kappa shape index (κ3) is 4.91. The van der Waals surface area contributed by atoms with Gasteiger partial charge in [-0.15, -0.1) is 0 Å². The SMILES string of the molecule is O=C(CCC1CCCCC1)N1CCC(Oc2ccncn2)CC1. The number of hydrogen-bond donors (Lipinski definition) is 0. The smallest absolute Gasteiger partial charge is 0.222 e. The van der Waals surface area contributed by atoms with E-state index in [1.807, 2.05) is 4.90 Å². The Balaban J connectivity index is 1.37. The molecule has 1 aromatic rings. The summed E-state index contributed by atoms with van der Waals surface area (Å²) in [5.41, 5.74) is 0. The van der Waals surface area contributed by atoms with Gasteiger partial charge in [0.25, 0.3) is 0 Å². The molecule has 0 unspecified atom stereocenters. The Bertz CT molecular complexity index is 480. The fourth-order valence-electron chi connectivity index (χ4n) is 3.70. The van der Waals surface area contributed by atoms with Crippen molar-refractivity contribution in [2.24, 2.45) is 5.92 Å². The molecule has 1 aliphatic heterocycles. The van der Waals surface area contributed by atoms with Gasteiger partial charge in [-0.2, -0.15) is 0 Å². The van der Waals surface area contributed by atoms with Gasteiger partial charge in [-0.1, -0.05) is 32.1 Å². The Kier molecular flexibility index (Phi) is 5.83. The van der Waals surface area contributed by atoms with Crippen molar-refractivity contribution in [2.75, 3.05) is 13.1 Å². The summed E-state index contributed by atoms with van der Waals surface area (Å²) in [5, 5.41) is 0. The number of rotatable bonds is 5. The Morgan fingerprint density at radius 2 is 1.96 bits per heavy atom. The zero-order valence-electron chi connectivity index (χ0n) is 13.8. The van der Waals surface area contributed by atoms with Crippen molar-refractivity contribution in [1.29, 1.82) is 0 Å². The van der Waals surface area contributed by atoms with Crippen LogP contribution >= 0.6 is 0 Å². The van der Waals surface area contributed by atoms with Crippen LogP contribution in [-0.4, -0.2) is 40.0 Å². The Morgan fingerprint density at radius 1 is 1.17 bits per heavy atom. The summed E-state index contributed by atoms with van der Waals surface area (Å²) in [4.78, 5) is 22.4. The minimum absolute atomic E-state index is 0.160. The van der Waals surface area contributed by atoms with Crippen LogP contribution < -0.4 is 4.74 Å². The minimum atomic E-state index is 0.160. The topological polar surface area (TPSA) is 55.3 Å². The van der Waals surface area contributed by atoms with Gasteiger partial charge in [-0.05, 0) is 12.3 Å². The van der Waals surface area contributed by atoms with Crippen LogP contribution in [0.3, 0.4) is 0 Å². The first-order chi connectivity index (χ1) is 11.3. The molecular weight excluding hydrogens is 290 g/mol. The highest BCUT2D eigenvalue weighted by molar-refractivity contribution is 5.76. The van der Waals surface area contributed by atoms with Crippen molar-refractivity contribution in [3.05, 3.63) is 18.6 Å². The van der Waals surface area contributed by atoms with Crippen LogP contribution in [0.15, 0.2) is 18.6 Å². The standard InChI is InChI=1S/C18H27N3O2/c22-18(7-6-15-4-2-1-3-5-15)21-12-9-16(10-13-21)23-17-8-11-19-14-20-17/h8,11,14-16H,1-7,9-10,12-13H2. The molecule has 0 aromatic carbocycles. The van der Waals surface area contributed by atoms with Crippen molar-refractivity contribution in [3.8, 4) is 5.88 Å². The number of ether oxygens (including phenoxy) is 1. The van der Waals surface area contributed by atoms with Gasteiger partial charge < -0.3 is 9.64 Å². The molecule has 23 heavy (non-hydrogen) atoms. The molecule has 0 bridgehead atoms. The maximum atomic E-state index is 12.4. The van der Waals surface area contributed by atoms with Crippen LogP contribution in [-0.2, 0) is 4.79 Å². The molecule has 0 radical (unpaired) electrons. The van der Waals surface area contributed by atoms with E-state index < -0.39 is 0 Å². The first-order valence-electron chi connectivity index (χ1n) is 9.02. The number of hydrogen-bond acceptors (Lipinski definition) is 4. The molecule has 3 rings (SSSR count). The largest absolute Gasteiger partial charge is 0.474 e. The lowest BCUT2D eigenvalue weighted by atomic mass is 9.86. The van der Waals surface area contributed by atoms with E-state index in [1.165, 1.54) is 38.4 Å². The van der Waals surface area contributed by atoms with Gasteiger partial charge in [-0.3, -0.25) is 4.79 Å². The summed E-state index contributed by atoms with van der Waals surface area (Å²) < 4.78 is 5.85. The lowest BCUT2D eigenvalue weighted by molar-refractivity contribution is -0.133. The molecule has 5 nitrogen and oxygen atoms in total. The molecule has 1 saturated carbocycles. The predicted octanol–water partition coefficient (Wildman–Crippen LogP) is 3.21. The second-order valence-electron chi connectivity index (χ2n) is 6.79. The van der Waals surface area contributed by atoms with Gasteiger partial charge in [0, 0.05) is 44.6 Å². The fraction of sp³-hybridized carbons (Fsp3) is 0.722. The van der Waals surface area contributed by atoms with Gasteiger partial charge in [0.05, 0.1) is 0 Å². The van der Waals surface area contributed by atoms with Crippen molar-refractivity contribution in [2.45, 2.75) is 63.9 Å². The average molecular weight is 317 g/mol. The molecule has 126 valence electrons. The molecule has 0 atom stereocenters. The number of aromatic nitrogens is 2. The number of amides is 1. The molecule has 5 heteroatoms. The quantitative estimate of drug-likeness (QED) is 0.837. The number of carbonyl (C=O) groups excluding carboxylic acids is 1. The van der Waals surface area contributed by atoms with E-state index in [2.05, 4.69) is 9.97 Å². The van der Waals surface area contributed by atoms with Crippen LogP contribution in [0, 0.1) is 5.92 Å². The first kappa shape index (κ1) is 16.2. The van der Waals surface area contributed by atoms with Gasteiger partial charge >= 0.3 is 0 Å². The third-order valence-corrected chi connectivity index (χ3v) is 5.13. The maximum Gasteiger partial charge on any atom is 0.222 e. The molecule has 1 aromatic heterocycles. The third-order valence-electron chi connectivity index (χ3n) is 5.13. The molecule has 0 spiro atoms. The van der Waals surface area contributed by atoms with Crippen LogP contribution in [0.1, 0.15) is 57.8 Å². The molecule has 2 heterocycles.